The van der Waals surface area contributed by atoms with Crippen molar-refractivity contribution < 1.29 is 10.2 Å². The third kappa shape index (κ3) is 2.11. The molecule has 2 aromatic rings. The summed E-state index contributed by atoms with van der Waals surface area (Å²) in [6, 6.07) is 11.4. The zero-order valence-electron chi connectivity index (χ0n) is 11.8. The summed E-state index contributed by atoms with van der Waals surface area (Å²) < 4.78 is 0. The van der Waals surface area contributed by atoms with Gasteiger partial charge in [0.25, 0.3) is 0 Å². The van der Waals surface area contributed by atoms with Crippen LogP contribution in [0.25, 0.3) is 11.1 Å². The topological polar surface area (TPSA) is 40.5 Å². The molecule has 22 heavy (non-hydrogen) atoms. The van der Waals surface area contributed by atoms with Crippen LogP contribution in [-0.2, 0) is 0 Å². The van der Waals surface area contributed by atoms with Gasteiger partial charge in [0.2, 0.25) is 0 Å². The van der Waals surface area contributed by atoms with E-state index in [-0.39, 0.29) is 5.75 Å². The molecule has 0 saturated carbocycles. The fourth-order valence-electron chi connectivity index (χ4n) is 2.94. The van der Waals surface area contributed by atoms with Crippen molar-refractivity contribution in [2.75, 3.05) is 0 Å². The number of aliphatic hydroxyl groups excluding tert-OH is 1. The lowest BCUT2D eigenvalue weighted by Gasteiger charge is -2.13. The number of benzene rings is 1. The Bertz CT molecular complexity index is 847. The summed E-state index contributed by atoms with van der Waals surface area (Å²) in [6.45, 7) is 0. The number of hydrogen-bond donors (Lipinski definition) is 2. The fourth-order valence-corrected chi connectivity index (χ4v) is 3.74. The van der Waals surface area contributed by atoms with Crippen molar-refractivity contribution in [2.24, 2.45) is 0 Å². The molecule has 0 unspecified atom stereocenters. The minimum atomic E-state index is 0.267. The van der Waals surface area contributed by atoms with E-state index in [0.717, 1.165) is 28.7 Å². The SMILES string of the molecule is OC1=CCC2=CC(c3ccc(O)cc3)=C(c3cccs3)C2=C1. The molecule has 0 atom stereocenters. The molecule has 4 rings (SSSR count). The largest absolute Gasteiger partial charge is 0.508 e. The second-order valence-electron chi connectivity index (χ2n) is 5.37. The van der Waals surface area contributed by atoms with Gasteiger partial charge in [0.15, 0.2) is 0 Å². The smallest absolute Gasteiger partial charge is 0.115 e. The number of rotatable bonds is 2. The summed E-state index contributed by atoms with van der Waals surface area (Å²) in [4.78, 5) is 1.19. The van der Waals surface area contributed by atoms with Crippen molar-refractivity contribution >= 4 is 22.5 Å². The van der Waals surface area contributed by atoms with Gasteiger partial charge in [-0.25, -0.2) is 0 Å². The molecule has 0 aliphatic heterocycles. The molecule has 2 nitrogen and oxygen atoms in total. The van der Waals surface area contributed by atoms with E-state index in [4.69, 9.17) is 0 Å². The molecule has 108 valence electrons. The Morgan fingerprint density at radius 3 is 2.50 bits per heavy atom. The van der Waals surface area contributed by atoms with Gasteiger partial charge < -0.3 is 10.2 Å². The van der Waals surface area contributed by atoms with Crippen LogP contribution in [0.5, 0.6) is 5.75 Å². The minimum Gasteiger partial charge on any atom is -0.508 e. The number of hydrogen-bond acceptors (Lipinski definition) is 3. The van der Waals surface area contributed by atoms with Crippen LogP contribution < -0.4 is 0 Å². The van der Waals surface area contributed by atoms with E-state index in [9.17, 15) is 10.2 Å². The van der Waals surface area contributed by atoms with Crippen LogP contribution in [0.2, 0.25) is 0 Å². The Morgan fingerprint density at radius 1 is 0.955 bits per heavy atom. The predicted octanol–water partition coefficient (Wildman–Crippen LogP) is 5.08. The van der Waals surface area contributed by atoms with Crippen LogP contribution in [0.4, 0.5) is 0 Å². The molecule has 3 heteroatoms. The molecule has 1 aromatic heterocycles. The Kier molecular flexibility index (Phi) is 3.01. The standard InChI is InChI=1S/C19H14O2S/c20-14-6-3-12(4-7-14)16-10-13-5-8-15(21)11-17(13)19(16)18-2-1-9-22-18/h1-4,6-11,20-21H,5H2. The van der Waals surface area contributed by atoms with Crippen molar-refractivity contribution in [3.05, 3.63) is 87.4 Å². The molecule has 0 spiro atoms. The second-order valence-corrected chi connectivity index (χ2v) is 6.32. The van der Waals surface area contributed by atoms with E-state index < -0.39 is 0 Å². The summed E-state index contributed by atoms with van der Waals surface area (Å²) in [7, 11) is 0. The van der Waals surface area contributed by atoms with Crippen LogP contribution in [0.1, 0.15) is 16.9 Å². The number of phenolic OH excluding ortho intramolecular Hbond substituents is 1. The molecular formula is C19H14O2S. The van der Waals surface area contributed by atoms with Crippen LogP contribution in [0, 0.1) is 0 Å². The van der Waals surface area contributed by atoms with Crippen molar-refractivity contribution in [3.8, 4) is 5.75 Å². The fraction of sp³-hybridized carbons (Fsp3) is 0.0526. The van der Waals surface area contributed by atoms with Gasteiger partial charge in [-0.05, 0) is 70.5 Å². The van der Waals surface area contributed by atoms with Gasteiger partial charge in [0, 0.05) is 10.5 Å². The Labute approximate surface area is 132 Å². The molecule has 1 aromatic carbocycles. The number of phenols is 1. The number of aromatic hydroxyl groups is 1. The molecule has 2 aliphatic rings. The predicted molar refractivity (Wildman–Crippen MR) is 90.7 cm³/mol. The van der Waals surface area contributed by atoms with Gasteiger partial charge in [-0.3, -0.25) is 0 Å². The Hall–Kier alpha value is -2.52. The quantitative estimate of drug-likeness (QED) is 0.812. The van der Waals surface area contributed by atoms with Gasteiger partial charge >= 0.3 is 0 Å². The van der Waals surface area contributed by atoms with Gasteiger partial charge in [0.05, 0.1) is 0 Å². The molecular weight excluding hydrogens is 292 g/mol. The highest BCUT2D eigenvalue weighted by Gasteiger charge is 2.26. The van der Waals surface area contributed by atoms with E-state index in [1.165, 1.54) is 10.5 Å². The van der Waals surface area contributed by atoms with E-state index in [1.54, 1.807) is 23.5 Å². The van der Waals surface area contributed by atoms with Crippen molar-refractivity contribution in [1.82, 2.24) is 0 Å². The van der Waals surface area contributed by atoms with Crippen LogP contribution in [0.15, 0.2) is 76.9 Å². The van der Waals surface area contributed by atoms with E-state index in [2.05, 4.69) is 17.5 Å². The van der Waals surface area contributed by atoms with Crippen molar-refractivity contribution in [2.45, 2.75) is 6.42 Å². The highest BCUT2D eigenvalue weighted by molar-refractivity contribution is 7.11. The number of aliphatic hydroxyl groups is 1. The first-order valence-corrected chi connectivity index (χ1v) is 8.00. The summed E-state index contributed by atoms with van der Waals surface area (Å²) in [6.07, 6.45) is 6.61. The summed E-state index contributed by atoms with van der Waals surface area (Å²) in [5, 5.41) is 21.4. The molecule has 1 heterocycles. The average Bonchev–Trinajstić information content (AvgIpc) is 3.14. The van der Waals surface area contributed by atoms with E-state index >= 15 is 0 Å². The maximum atomic E-state index is 9.87. The molecule has 2 N–H and O–H groups in total. The first kappa shape index (κ1) is 13.2. The third-order valence-corrected chi connectivity index (χ3v) is 4.86. The molecule has 0 amide bonds. The lowest BCUT2D eigenvalue weighted by atomic mass is 9.94. The second kappa shape index (κ2) is 5.04. The monoisotopic (exact) mass is 306 g/mol. The summed E-state index contributed by atoms with van der Waals surface area (Å²) in [5.74, 6) is 0.594. The molecule has 0 saturated heterocycles. The molecule has 0 fully saturated rings. The minimum absolute atomic E-state index is 0.267. The average molecular weight is 306 g/mol. The first-order valence-electron chi connectivity index (χ1n) is 7.12. The van der Waals surface area contributed by atoms with Gasteiger partial charge in [-0.15, -0.1) is 11.3 Å². The maximum absolute atomic E-state index is 9.87. The van der Waals surface area contributed by atoms with Crippen molar-refractivity contribution in [3.63, 3.8) is 0 Å². The number of thiophene rings is 1. The third-order valence-electron chi connectivity index (χ3n) is 3.97. The maximum Gasteiger partial charge on any atom is 0.115 e. The zero-order chi connectivity index (χ0) is 15.1. The lowest BCUT2D eigenvalue weighted by Crippen LogP contribution is -1.95. The van der Waals surface area contributed by atoms with E-state index in [1.807, 2.05) is 30.4 Å². The molecule has 0 radical (unpaired) electrons. The number of fused-ring (bicyclic) bond motifs is 1. The highest BCUT2D eigenvalue weighted by atomic mass is 32.1. The van der Waals surface area contributed by atoms with Gasteiger partial charge in [-0.2, -0.15) is 0 Å². The van der Waals surface area contributed by atoms with Gasteiger partial charge in [-0.1, -0.05) is 18.2 Å². The molecule has 0 bridgehead atoms. The van der Waals surface area contributed by atoms with Crippen LogP contribution in [-0.4, -0.2) is 10.2 Å². The number of allylic oxidation sites excluding steroid dienone is 7. The first-order chi connectivity index (χ1) is 10.7. The summed E-state index contributed by atoms with van der Waals surface area (Å²) >= 11 is 1.70. The summed E-state index contributed by atoms with van der Waals surface area (Å²) in [5.41, 5.74) is 5.71. The van der Waals surface area contributed by atoms with E-state index in [0.29, 0.717) is 5.76 Å². The van der Waals surface area contributed by atoms with Gasteiger partial charge in [0.1, 0.15) is 11.5 Å². The normalized spacial score (nSPS) is 17.0. The highest BCUT2D eigenvalue weighted by Crippen LogP contribution is 2.46. The molecule has 2 aliphatic carbocycles. The van der Waals surface area contributed by atoms with Crippen LogP contribution >= 0.6 is 11.3 Å². The van der Waals surface area contributed by atoms with Crippen molar-refractivity contribution in [1.29, 1.82) is 0 Å². The Morgan fingerprint density at radius 2 is 1.77 bits per heavy atom. The lowest BCUT2D eigenvalue weighted by molar-refractivity contribution is 0.428. The Balaban J connectivity index is 1.93. The van der Waals surface area contributed by atoms with Crippen LogP contribution in [0.3, 0.4) is 0 Å². The zero-order valence-corrected chi connectivity index (χ0v) is 12.6.